The summed E-state index contributed by atoms with van der Waals surface area (Å²) in [6.45, 7) is 5.62. The largest absolute Gasteiger partial charge is 0.462 e. The second kappa shape index (κ2) is 8.20. The van der Waals surface area contributed by atoms with Crippen molar-refractivity contribution in [1.82, 2.24) is 4.31 Å². The number of anilines is 1. The minimum absolute atomic E-state index is 0.0964. The van der Waals surface area contributed by atoms with E-state index in [4.69, 9.17) is 4.74 Å². The van der Waals surface area contributed by atoms with Gasteiger partial charge in [-0.2, -0.15) is 0 Å². The Kier molecular flexibility index (Phi) is 6.40. The fourth-order valence-electron chi connectivity index (χ4n) is 2.33. The summed E-state index contributed by atoms with van der Waals surface area (Å²) >= 11 is 1.29. The topological polar surface area (TPSA) is 92.8 Å². The van der Waals surface area contributed by atoms with E-state index in [1.54, 1.807) is 13.8 Å². The smallest absolute Gasteiger partial charge is 0.341 e. The van der Waals surface area contributed by atoms with Gasteiger partial charge in [-0.1, -0.05) is 0 Å². The summed E-state index contributed by atoms with van der Waals surface area (Å²) in [6.07, 6.45) is 0. The average Bonchev–Trinajstić information content (AvgIpc) is 2.88. The monoisotopic (exact) mass is 410 g/mol. The highest BCUT2D eigenvalue weighted by atomic mass is 32.2. The Hall–Kier alpha value is -2.23. The van der Waals surface area contributed by atoms with E-state index >= 15 is 0 Å². The van der Waals surface area contributed by atoms with E-state index in [1.807, 2.05) is 6.92 Å². The third kappa shape index (κ3) is 4.37. The molecular weight excluding hydrogens is 388 g/mol. The number of ether oxygens (including phenoxy) is 1. The zero-order valence-electron chi connectivity index (χ0n) is 15.8. The van der Waals surface area contributed by atoms with Crippen LogP contribution >= 0.6 is 11.3 Å². The quantitative estimate of drug-likeness (QED) is 0.739. The Labute approximate surface area is 163 Å². The van der Waals surface area contributed by atoms with Crippen molar-refractivity contribution in [2.45, 2.75) is 25.7 Å². The molecule has 146 valence electrons. The molecule has 0 radical (unpaired) electrons. The number of aryl methyl sites for hydroxylation is 1. The number of amides is 1. The first-order valence-corrected chi connectivity index (χ1v) is 10.5. The highest BCUT2D eigenvalue weighted by molar-refractivity contribution is 7.89. The van der Waals surface area contributed by atoms with Crippen molar-refractivity contribution in [1.29, 1.82) is 0 Å². The summed E-state index contributed by atoms with van der Waals surface area (Å²) in [5, 5.41) is 3.14. The summed E-state index contributed by atoms with van der Waals surface area (Å²) in [7, 11) is -0.685. The van der Waals surface area contributed by atoms with E-state index < -0.39 is 21.9 Å². The lowest BCUT2D eigenvalue weighted by Crippen LogP contribution is -2.22. The molecule has 1 heterocycles. The fraction of sp³-hybridized carbons (Fsp3) is 0.333. The number of rotatable bonds is 6. The molecule has 1 aromatic carbocycles. The third-order valence-corrected chi connectivity index (χ3v) is 6.94. The molecule has 0 aliphatic heterocycles. The molecule has 0 aliphatic carbocycles. The van der Waals surface area contributed by atoms with Gasteiger partial charge in [-0.15, -0.1) is 11.3 Å². The van der Waals surface area contributed by atoms with E-state index in [2.05, 4.69) is 5.32 Å². The Balaban J connectivity index is 2.28. The number of carbonyl (C=O) groups is 2. The minimum Gasteiger partial charge on any atom is -0.462 e. The van der Waals surface area contributed by atoms with Gasteiger partial charge in [0.1, 0.15) is 5.00 Å². The highest BCUT2D eigenvalue weighted by Gasteiger charge is 2.23. The SMILES string of the molecule is CCOC(=O)c1c(NC(=O)c2ccc(S(=O)(=O)N(C)C)cc2)sc(C)c1C. The van der Waals surface area contributed by atoms with Gasteiger partial charge in [-0.25, -0.2) is 17.5 Å². The predicted molar refractivity (Wildman–Crippen MR) is 105 cm³/mol. The van der Waals surface area contributed by atoms with Crippen molar-refractivity contribution >= 4 is 38.2 Å². The Bertz CT molecular complexity index is 960. The van der Waals surface area contributed by atoms with Crippen molar-refractivity contribution in [3.63, 3.8) is 0 Å². The minimum atomic E-state index is -3.56. The molecule has 0 bridgehead atoms. The van der Waals surface area contributed by atoms with Crippen LogP contribution in [-0.4, -0.2) is 45.3 Å². The van der Waals surface area contributed by atoms with Crippen molar-refractivity contribution in [3.8, 4) is 0 Å². The third-order valence-electron chi connectivity index (χ3n) is 3.99. The van der Waals surface area contributed by atoms with Gasteiger partial charge in [-0.05, 0) is 50.6 Å². The van der Waals surface area contributed by atoms with Crippen LogP contribution in [0.25, 0.3) is 0 Å². The first kappa shape index (κ1) is 21.1. The Morgan fingerprint density at radius 2 is 1.74 bits per heavy atom. The maximum Gasteiger partial charge on any atom is 0.341 e. The molecular formula is C18H22N2O5S2. The Morgan fingerprint density at radius 1 is 1.15 bits per heavy atom. The lowest BCUT2D eigenvalue weighted by molar-refractivity contribution is 0.0527. The van der Waals surface area contributed by atoms with Crippen LogP contribution in [0.2, 0.25) is 0 Å². The van der Waals surface area contributed by atoms with E-state index in [0.29, 0.717) is 10.6 Å². The molecule has 7 nitrogen and oxygen atoms in total. The van der Waals surface area contributed by atoms with Crippen LogP contribution in [0.4, 0.5) is 5.00 Å². The number of nitrogens with zero attached hydrogens (tertiary/aromatic N) is 1. The molecule has 1 N–H and O–H groups in total. The van der Waals surface area contributed by atoms with E-state index in [0.717, 1.165) is 14.7 Å². The molecule has 0 saturated carbocycles. The van der Waals surface area contributed by atoms with Crippen LogP contribution < -0.4 is 5.32 Å². The van der Waals surface area contributed by atoms with Crippen molar-refractivity contribution in [3.05, 3.63) is 45.8 Å². The molecule has 2 rings (SSSR count). The molecule has 0 atom stereocenters. The molecule has 0 aliphatic rings. The zero-order chi connectivity index (χ0) is 20.4. The molecule has 2 aromatic rings. The van der Waals surface area contributed by atoms with Gasteiger partial charge in [0.2, 0.25) is 10.0 Å². The average molecular weight is 411 g/mol. The molecule has 0 unspecified atom stereocenters. The van der Waals surface area contributed by atoms with Crippen LogP contribution in [0.3, 0.4) is 0 Å². The van der Waals surface area contributed by atoms with Crippen LogP contribution in [0, 0.1) is 13.8 Å². The van der Waals surface area contributed by atoms with Gasteiger partial charge in [0, 0.05) is 24.5 Å². The molecule has 9 heteroatoms. The molecule has 0 fully saturated rings. The first-order chi connectivity index (χ1) is 12.6. The van der Waals surface area contributed by atoms with Gasteiger partial charge in [0.15, 0.2) is 0 Å². The van der Waals surface area contributed by atoms with Gasteiger partial charge in [-0.3, -0.25) is 4.79 Å². The lowest BCUT2D eigenvalue weighted by Gasteiger charge is -2.11. The molecule has 27 heavy (non-hydrogen) atoms. The zero-order valence-corrected chi connectivity index (χ0v) is 17.5. The van der Waals surface area contributed by atoms with Gasteiger partial charge in [0.05, 0.1) is 17.1 Å². The second-order valence-corrected chi connectivity index (χ2v) is 9.35. The maximum absolute atomic E-state index is 12.5. The highest BCUT2D eigenvalue weighted by Crippen LogP contribution is 2.33. The molecule has 0 saturated heterocycles. The van der Waals surface area contributed by atoms with Crippen LogP contribution in [-0.2, 0) is 14.8 Å². The van der Waals surface area contributed by atoms with Gasteiger partial charge < -0.3 is 10.1 Å². The Morgan fingerprint density at radius 3 is 2.26 bits per heavy atom. The van der Waals surface area contributed by atoms with Crippen molar-refractivity contribution in [2.75, 3.05) is 26.0 Å². The summed E-state index contributed by atoms with van der Waals surface area (Å²) in [5.41, 5.74) is 1.40. The number of hydrogen-bond donors (Lipinski definition) is 1. The standard InChI is InChI=1S/C18H22N2O5S2/c1-6-25-18(22)15-11(2)12(3)26-17(15)19-16(21)13-7-9-14(10-8-13)27(23,24)20(4)5/h7-10H,6H2,1-5H3,(H,19,21). The maximum atomic E-state index is 12.5. The summed E-state index contributed by atoms with van der Waals surface area (Å²) < 4.78 is 30.4. The number of sulfonamides is 1. The number of benzene rings is 1. The number of thiophene rings is 1. The number of nitrogens with one attached hydrogen (secondary N) is 1. The van der Waals surface area contributed by atoms with Crippen molar-refractivity contribution in [2.24, 2.45) is 0 Å². The van der Waals surface area contributed by atoms with Crippen LogP contribution in [0.1, 0.15) is 38.1 Å². The van der Waals surface area contributed by atoms with E-state index in [9.17, 15) is 18.0 Å². The van der Waals surface area contributed by atoms with Crippen LogP contribution in [0.5, 0.6) is 0 Å². The first-order valence-electron chi connectivity index (χ1n) is 8.20. The van der Waals surface area contributed by atoms with Gasteiger partial charge in [0.25, 0.3) is 5.91 Å². The number of hydrogen-bond acceptors (Lipinski definition) is 6. The van der Waals surface area contributed by atoms with Crippen molar-refractivity contribution < 1.29 is 22.7 Å². The fourth-order valence-corrected chi connectivity index (χ4v) is 4.27. The van der Waals surface area contributed by atoms with E-state index in [-0.39, 0.29) is 17.1 Å². The number of esters is 1. The number of carbonyl (C=O) groups excluding carboxylic acids is 2. The summed E-state index contributed by atoms with van der Waals surface area (Å²) in [6, 6.07) is 5.62. The molecule has 1 amide bonds. The summed E-state index contributed by atoms with van der Waals surface area (Å²) in [5.74, 6) is -0.919. The van der Waals surface area contributed by atoms with Gasteiger partial charge >= 0.3 is 5.97 Å². The molecule has 0 spiro atoms. The van der Waals surface area contributed by atoms with E-state index in [1.165, 1.54) is 49.7 Å². The second-order valence-electron chi connectivity index (χ2n) is 5.97. The predicted octanol–water partition coefficient (Wildman–Crippen LogP) is 3.04. The normalized spacial score (nSPS) is 11.5. The molecule has 1 aromatic heterocycles. The summed E-state index contributed by atoms with van der Waals surface area (Å²) in [4.78, 5) is 25.7. The lowest BCUT2D eigenvalue weighted by atomic mass is 10.1. The van der Waals surface area contributed by atoms with Crippen LogP contribution in [0.15, 0.2) is 29.2 Å².